The minimum atomic E-state index is -0.424. The van der Waals surface area contributed by atoms with Gasteiger partial charge in [0.1, 0.15) is 12.2 Å². The monoisotopic (exact) mass is 374 g/mol. The minimum absolute atomic E-state index is 0.150. The van der Waals surface area contributed by atoms with Crippen molar-refractivity contribution in [3.05, 3.63) is 0 Å². The highest BCUT2D eigenvalue weighted by Gasteiger charge is 2.15. The highest BCUT2D eigenvalue weighted by Crippen LogP contribution is 2.11. The van der Waals surface area contributed by atoms with Crippen molar-refractivity contribution >= 4 is 11.9 Å². The molecule has 154 valence electrons. The average molecular weight is 375 g/mol. The summed E-state index contributed by atoms with van der Waals surface area (Å²) in [6.45, 7) is 3.89. The largest absolute Gasteiger partial charge is 0.460 e. The molecule has 2 atom stereocenters. The quantitative estimate of drug-likeness (QED) is 0.299. The Labute approximate surface area is 158 Å². The van der Waals surface area contributed by atoms with E-state index in [2.05, 4.69) is 13.8 Å². The third kappa shape index (κ3) is 14.1. The van der Waals surface area contributed by atoms with E-state index in [1.807, 2.05) is 0 Å². The lowest BCUT2D eigenvalue weighted by molar-refractivity contribution is -0.153. The van der Waals surface area contributed by atoms with E-state index in [4.69, 9.17) is 9.47 Å². The van der Waals surface area contributed by atoms with Crippen molar-refractivity contribution < 1.29 is 29.3 Å². The van der Waals surface area contributed by atoms with E-state index in [0.717, 1.165) is 38.5 Å². The van der Waals surface area contributed by atoms with E-state index < -0.39 is 12.2 Å². The smallest absolute Gasteiger partial charge is 0.306 e. The molecule has 2 N–H and O–H groups in total. The summed E-state index contributed by atoms with van der Waals surface area (Å²) in [5.41, 5.74) is 0. The molecular formula is C20H38O6. The SMILES string of the molecule is CCCCCC(CO)OC(=O)CCCCC(=O)OC(CO)CCCCC. The van der Waals surface area contributed by atoms with Crippen LogP contribution < -0.4 is 0 Å². The zero-order valence-electron chi connectivity index (χ0n) is 16.6. The van der Waals surface area contributed by atoms with Crippen LogP contribution in [0.25, 0.3) is 0 Å². The highest BCUT2D eigenvalue weighted by atomic mass is 16.6. The lowest BCUT2D eigenvalue weighted by Crippen LogP contribution is -2.22. The molecule has 0 radical (unpaired) electrons. The molecule has 0 aromatic heterocycles. The Bertz CT molecular complexity index is 324. The summed E-state index contributed by atoms with van der Waals surface area (Å²) in [5.74, 6) is -0.663. The summed E-state index contributed by atoms with van der Waals surface area (Å²) < 4.78 is 10.5. The predicted molar refractivity (Wildman–Crippen MR) is 101 cm³/mol. The number of aliphatic hydroxyl groups is 2. The summed E-state index contributed by atoms with van der Waals surface area (Å²) in [6, 6.07) is 0. The van der Waals surface area contributed by atoms with Crippen molar-refractivity contribution in [2.45, 2.75) is 103 Å². The number of carbonyl (C=O) groups excluding carboxylic acids is 2. The van der Waals surface area contributed by atoms with Crippen molar-refractivity contribution in [2.24, 2.45) is 0 Å². The summed E-state index contributed by atoms with van der Waals surface area (Å²) >= 11 is 0. The first kappa shape index (κ1) is 24.9. The van der Waals surface area contributed by atoms with Gasteiger partial charge < -0.3 is 19.7 Å². The Morgan fingerprint density at radius 1 is 0.692 bits per heavy atom. The molecule has 26 heavy (non-hydrogen) atoms. The number of rotatable bonds is 17. The van der Waals surface area contributed by atoms with Gasteiger partial charge in [-0.3, -0.25) is 9.59 Å². The topological polar surface area (TPSA) is 93.1 Å². The van der Waals surface area contributed by atoms with Gasteiger partial charge in [-0.05, 0) is 38.5 Å². The maximum absolute atomic E-state index is 11.8. The normalized spacial score (nSPS) is 13.2. The van der Waals surface area contributed by atoms with Gasteiger partial charge in [0.25, 0.3) is 0 Å². The molecule has 0 rings (SSSR count). The molecule has 0 spiro atoms. The van der Waals surface area contributed by atoms with Crippen LogP contribution in [-0.4, -0.2) is 47.6 Å². The van der Waals surface area contributed by atoms with Crippen molar-refractivity contribution in [2.75, 3.05) is 13.2 Å². The van der Waals surface area contributed by atoms with E-state index in [1.54, 1.807) is 0 Å². The molecule has 6 nitrogen and oxygen atoms in total. The van der Waals surface area contributed by atoms with Gasteiger partial charge in [0.05, 0.1) is 13.2 Å². The van der Waals surface area contributed by atoms with Gasteiger partial charge in [-0.15, -0.1) is 0 Å². The van der Waals surface area contributed by atoms with Gasteiger partial charge in [-0.2, -0.15) is 0 Å². The summed E-state index contributed by atoms with van der Waals surface area (Å²) in [5, 5.41) is 18.5. The lowest BCUT2D eigenvalue weighted by atomic mass is 10.1. The second-order valence-corrected chi connectivity index (χ2v) is 6.79. The lowest BCUT2D eigenvalue weighted by Gasteiger charge is -2.16. The molecule has 0 aliphatic carbocycles. The molecule has 6 heteroatoms. The molecule has 0 amide bonds. The third-order valence-electron chi connectivity index (χ3n) is 4.27. The fraction of sp³-hybridized carbons (Fsp3) is 0.900. The molecule has 0 aromatic carbocycles. The van der Waals surface area contributed by atoms with Gasteiger partial charge in [0, 0.05) is 12.8 Å². The number of carbonyl (C=O) groups is 2. The average Bonchev–Trinajstić information content (AvgIpc) is 2.63. The van der Waals surface area contributed by atoms with Gasteiger partial charge in [0.2, 0.25) is 0 Å². The van der Waals surface area contributed by atoms with Crippen LogP contribution in [0, 0.1) is 0 Å². The molecular weight excluding hydrogens is 336 g/mol. The van der Waals surface area contributed by atoms with Crippen LogP contribution in [0.3, 0.4) is 0 Å². The second-order valence-electron chi connectivity index (χ2n) is 6.79. The minimum Gasteiger partial charge on any atom is -0.460 e. The van der Waals surface area contributed by atoms with E-state index in [1.165, 1.54) is 0 Å². The fourth-order valence-electron chi connectivity index (χ4n) is 2.65. The van der Waals surface area contributed by atoms with Crippen molar-refractivity contribution in [1.82, 2.24) is 0 Å². The van der Waals surface area contributed by atoms with Gasteiger partial charge in [-0.1, -0.05) is 39.5 Å². The first-order valence-corrected chi connectivity index (χ1v) is 10.2. The molecule has 0 heterocycles. The molecule has 0 saturated carbocycles. The number of esters is 2. The van der Waals surface area contributed by atoms with Crippen LogP contribution in [-0.2, 0) is 19.1 Å². The van der Waals surface area contributed by atoms with Crippen LogP contribution >= 0.6 is 0 Å². The maximum atomic E-state index is 11.8. The summed E-state index contributed by atoms with van der Waals surface area (Å²) in [7, 11) is 0. The first-order valence-electron chi connectivity index (χ1n) is 10.2. The zero-order chi connectivity index (χ0) is 19.6. The van der Waals surface area contributed by atoms with Crippen molar-refractivity contribution in [1.29, 1.82) is 0 Å². The van der Waals surface area contributed by atoms with E-state index in [9.17, 15) is 19.8 Å². The highest BCUT2D eigenvalue weighted by molar-refractivity contribution is 5.70. The molecule has 2 unspecified atom stereocenters. The Morgan fingerprint density at radius 2 is 1.08 bits per heavy atom. The fourth-order valence-corrected chi connectivity index (χ4v) is 2.65. The number of ether oxygens (including phenoxy) is 2. The van der Waals surface area contributed by atoms with Crippen molar-refractivity contribution in [3.8, 4) is 0 Å². The number of unbranched alkanes of at least 4 members (excludes halogenated alkanes) is 5. The Kier molecular flexibility index (Phi) is 16.5. The number of hydrogen-bond acceptors (Lipinski definition) is 6. The molecule has 0 aliphatic rings. The van der Waals surface area contributed by atoms with Crippen LogP contribution in [0.4, 0.5) is 0 Å². The van der Waals surface area contributed by atoms with Crippen LogP contribution in [0.5, 0.6) is 0 Å². The van der Waals surface area contributed by atoms with Gasteiger partial charge >= 0.3 is 11.9 Å². The van der Waals surface area contributed by atoms with Crippen LogP contribution in [0.15, 0.2) is 0 Å². The molecule has 0 bridgehead atoms. The Balaban J connectivity index is 3.84. The Hall–Kier alpha value is -1.14. The summed E-state index contributed by atoms with van der Waals surface area (Å²) in [6.07, 6.45) is 8.22. The van der Waals surface area contributed by atoms with E-state index >= 15 is 0 Å². The van der Waals surface area contributed by atoms with E-state index in [0.29, 0.717) is 25.7 Å². The summed E-state index contributed by atoms with van der Waals surface area (Å²) in [4.78, 5) is 23.6. The van der Waals surface area contributed by atoms with Crippen LogP contribution in [0.2, 0.25) is 0 Å². The number of aliphatic hydroxyl groups excluding tert-OH is 2. The third-order valence-corrected chi connectivity index (χ3v) is 4.27. The second kappa shape index (κ2) is 17.3. The first-order chi connectivity index (χ1) is 12.6. The predicted octanol–water partition coefficient (Wildman–Crippen LogP) is 3.52. The standard InChI is InChI=1S/C20H38O6/c1-3-5-7-11-17(15-21)25-19(23)13-9-10-14-20(24)26-18(16-22)12-8-6-4-2/h17-18,21-22H,3-16H2,1-2H3. The van der Waals surface area contributed by atoms with Crippen LogP contribution in [0.1, 0.15) is 90.9 Å². The van der Waals surface area contributed by atoms with Crippen molar-refractivity contribution in [3.63, 3.8) is 0 Å². The maximum Gasteiger partial charge on any atom is 0.306 e. The molecule has 0 saturated heterocycles. The zero-order valence-corrected chi connectivity index (χ0v) is 16.6. The van der Waals surface area contributed by atoms with Gasteiger partial charge in [-0.25, -0.2) is 0 Å². The Morgan fingerprint density at radius 3 is 1.38 bits per heavy atom. The molecule has 0 aliphatic heterocycles. The molecule has 0 aromatic rings. The molecule has 0 fully saturated rings. The van der Waals surface area contributed by atoms with Gasteiger partial charge in [0.15, 0.2) is 0 Å². The number of hydrogen-bond donors (Lipinski definition) is 2. The van der Waals surface area contributed by atoms with E-state index in [-0.39, 0.29) is 38.0 Å².